The van der Waals surface area contributed by atoms with Crippen LogP contribution in [0, 0.1) is 5.82 Å². The smallest absolute Gasteiger partial charge is 0.123 e. The molecule has 2 rings (SSSR count). The van der Waals surface area contributed by atoms with Gasteiger partial charge in [0.15, 0.2) is 0 Å². The number of methoxy groups -OCH3 is 1. The van der Waals surface area contributed by atoms with E-state index in [1.54, 1.807) is 25.3 Å². The van der Waals surface area contributed by atoms with Gasteiger partial charge >= 0.3 is 0 Å². The number of hydrogen-bond acceptors (Lipinski definition) is 2. The molecule has 1 N–H and O–H groups in total. The van der Waals surface area contributed by atoms with E-state index in [0.29, 0.717) is 21.9 Å². The van der Waals surface area contributed by atoms with Crippen LogP contribution in [0.25, 0.3) is 0 Å². The second-order valence-electron chi connectivity index (χ2n) is 4.34. The second kappa shape index (κ2) is 6.57. The van der Waals surface area contributed by atoms with Crippen LogP contribution in [0.5, 0.6) is 5.75 Å². The molecule has 0 aliphatic rings. The quantitative estimate of drug-likeness (QED) is 0.869. The molecule has 1 atom stereocenters. The SMILES string of the molecule is COc1ccc(Br)c(C(O)Cc2cc(F)ccc2Cl)c1. The Morgan fingerprint density at radius 1 is 1.30 bits per heavy atom. The lowest BCUT2D eigenvalue weighted by molar-refractivity contribution is 0.177. The second-order valence-corrected chi connectivity index (χ2v) is 5.60. The van der Waals surface area contributed by atoms with Gasteiger partial charge in [-0.25, -0.2) is 4.39 Å². The van der Waals surface area contributed by atoms with Gasteiger partial charge in [-0.1, -0.05) is 27.5 Å². The Labute approximate surface area is 130 Å². The summed E-state index contributed by atoms with van der Waals surface area (Å²) in [5, 5.41) is 10.8. The third-order valence-electron chi connectivity index (χ3n) is 2.98. The van der Waals surface area contributed by atoms with E-state index in [1.807, 2.05) is 0 Å². The van der Waals surface area contributed by atoms with Gasteiger partial charge in [0.1, 0.15) is 11.6 Å². The minimum Gasteiger partial charge on any atom is -0.497 e. The number of aliphatic hydroxyl groups is 1. The maximum absolute atomic E-state index is 13.2. The number of benzene rings is 2. The summed E-state index contributed by atoms with van der Waals surface area (Å²) in [6.07, 6.45) is -0.582. The number of ether oxygens (including phenoxy) is 1. The molecule has 0 bridgehead atoms. The van der Waals surface area contributed by atoms with E-state index < -0.39 is 6.10 Å². The topological polar surface area (TPSA) is 29.5 Å². The van der Waals surface area contributed by atoms with Crippen LogP contribution in [-0.2, 0) is 6.42 Å². The molecule has 106 valence electrons. The van der Waals surface area contributed by atoms with Crippen molar-refractivity contribution in [3.8, 4) is 5.75 Å². The number of rotatable bonds is 4. The molecule has 0 spiro atoms. The predicted molar refractivity (Wildman–Crippen MR) is 80.8 cm³/mol. The van der Waals surface area contributed by atoms with Crippen molar-refractivity contribution >= 4 is 27.5 Å². The Hall–Kier alpha value is -1.10. The fourth-order valence-corrected chi connectivity index (χ4v) is 2.63. The molecule has 5 heteroatoms. The summed E-state index contributed by atoms with van der Waals surface area (Å²) < 4.78 is 19.1. The van der Waals surface area contributed by atoms with E-state index in [2.05, 4.69) is 15.9 Å². The first kappa shape index (κ1) is 15.3. The molecule has 0 fully saturated rings. The molecular formula is C15H13BrClFO2. The zero-order valence-electron chi connectivity index (χ0n) is 10.7. The maximum Gasteiger partial charge on any atom is 0.123 e. The highest BCUT2D eigenvalue weighted by atomic mass is 79.9. The third-order valence-corrected chi connectivity index (χ3v) is 4.07. The summed E-state index contributed by atoms with van der Waals surface area (Å²) in [4.78, 5) is 0. The molecular weight excluding hydrogens is 347 g/mol. The zero-order valence-corrected chi connectivity index (χ0v) is 13.1. The number of halogens is 3. The zero-order chi connectivity index (χ0) is 14.7. The number of aliphatic hydroxyl groups excluding tert-OH is 1. The van der Waals surface area contributed by atoms with Crippen LogP contribution in [-0.4, -0.2) is 12.2 Å². The molecule has 0 aliphatic heterocycles. The Morgan fingerprint density at radius 2 is 2.05 bits per heavy atom. The van der Waals surface area contributed by atoms with Crippen molar-refractivity contribution in [2.24, 2.45) is 0 Å². The van der Waals surface area contributed by atoms with Crippen LogP contribution in [0.2, 0.25) is 5.02 Å². The van der Waals surface area contributed by atoms with Gasteiger partial charge in [-0.15, -0.1) is 0 Å². The van der Waals surface area contributed by atoms with E-state index in [0.717, 1.165) is 4.47 Å². The van der Waals surface area contributed by atoms with Gasteiger partial charge < -0.3 is 9.84 Å². The van der Waals surface area contributed by atoms with Crippen LogP contribution >= 0.6 is 27.5 Å². The molecule has 0 heterocycles. The fraction of sp³-hybridized carbons (Fsp3) is 0.200. The molecule has 1 unspecified atom stereocenters. The molecule has 0 radical (unpaired) electrons. The maximum atomic E-state index is 13.2. The van der Waals surface area contributed by atoms with Crippen molar-refractivity contribution in [2.45, 2.75) is 12.5 Å². The molecule has 0 saturated heterocycles. The molecule has 0 saturated carbocycles. The molecule has 2 aromatic rings. The molecule has 20 heavy (non-hydrogen) atoms. The Morgan fingerprint density at radius 3 is 2.75 bits per heavy atom. The van der Waals surface area contributed by atoms with Crippen molar-refractivity contribution in [1.29, 1.82) is 0 Å². The highest BCUT2D eigenvalue weighted by Gasteiger charge is 2.15. The van der Waals surface area contributed by atoms with Crippen LogP contribution in [0.3, 0.4) is 0 Å². The Balaban J connectivity index is 2.27. The molecule has 2 nitrogen and oxygen atoms in total. The largest absolute Gasteiger partial charge is 0.497 e. The predicted octanol–water partition coefficient (Wildman–Crippen LogP) is 4.53. The molecule has 0 aliphatic carbocycles. The average Bonchev–Trinajstić information content (AvgIpc) is 2.43. The first-order valence-corrected chi connectivity index (χ1v) is 7.14. The summed E-state index contributed by atoms with van der Waals surface area (Å²) in [6.45, 7) is 0. The van der Waals surface area contributed by atoms with Crippen LogP contribution in [0.1, 0.15) is 17.2 Å². The molecule has 0 aromatic heterocycles. The summed E-state index contributed by atoms with van der Waals surface area (Å²) in [5.74, 6) is 0.272. The summed E-state index contributed by atoms with van der Waals surface area (Å²) in [6, 6.07) is 9.43. The van der Waals surface area contributed by atoms with Crippen molar-refractivity contribution in [3.05, 3.63) is 62.8 Å². The highest BCUT2D eigenvalue weighted by Crippen LogP contribution is 2.31. The minimum absolute atomic E-state index is 0.225. The molecule has 0 amide bonds. The van der Waals surface area contributed by atoms with Gasteiger partial charge in [0.25, 0.3) is 0 Å². The van der Waals surface area contributed by atoms with Gasteiger partial charge in [-0.05, 0) is 47.5 Å². The van der Waals surface area contributed by atoms with Gasteiger partial charge in [-0.3, -0.25) is 0 Å². The summed E-state index contributed by atoms with van der Waals surface area (Å²) in [5.41, 5.74) is 1.23. The fourth-order valence-electron chi connectivity index (χ4n) is 1.92. The lowest BCUT2D eigenvalue weighted by atomic mass is 10.0. The lowest BCUT2D eigenvalue weighted by Crippen LogP contribution is -2.04. The van der Waals surface area contributed by atoms with Gasteiger partial charge in [0.05, 0.1) is 13.2 Å². The lowest BCUT2D eigenvalue weighted by Gasteiger charge is -2.15. The number of hydrogen-bond donors (Lipinski definition) is 1. The highest BCUT2D eigenvalue weighted by molar-refractivity contribution is 9.10. The summed E-state index contributed by atoms with van der Waals surface area (Å²) >= 11 is 9.40. The standard InChI is InChI=1S/C15H13BrClFO2/c1-20-11-3-4-13(16)12(8-11)15(19)7-9-6-10(18)2-5-14(9)17/h2-6,8,15,19H,7H2,1H3. The molecule has 2 aromatic carbocycles. The van der Waals surface area contributed by atoms with E-state index >= 15 is 0 Å². The van der Waals surface area contributed by atoms with Crippen LogP contribution < -0.4 is 4.74 Å². The van der Waals surface area contributed by atoms with E-state index in [1.165, 1.54) is 18.2 Å². The Bertz CT molecular complexity index is 619. The van der Waals surface area contributed by atoms with E-state index in [-0.39, 0.29) is 12.2 Å². The normalized spacial score (nSPS) is 12.2. The van der Waals surface area contributed by atoms with Crippen molar-refractivity contribution in [3.63, 3.8) is 0 Å². The Kier molecular flexibility index (Phi) is 5.02. The van der Waals surface area contributed by atoms with E-state index in [4.69, 9.17) is 16.3 Å². The van der Waals surface area contributed by atoms with Crippen LogP contribution in [0.15, 0.2) is 40.9 Å². The third kappa shape index (κ3) is 3.51. The van der Waals surface area contributed by atoms with Crippen molar-refractivity contribution in [1.82, 2.24) is 0 Å². The van der Waals surface area contributed by atoms with Crippen LogP contribution in [0.4, 0.5) is 4.39 Å². The monoisotopic (exact) mass is 358 g/mol. The average molecular weight is 360 g/mol. The summed E-state index contributed by atoms with van der Waals surface area (Å²) in [7, 11) is 1.56. The van der Waals surface area contributed by atoms with Gasteiger partial charge in [-0.2, -0.15) is 0 Å². The van der Waals surface area contributed by atoms with Gasteiger partial charge in [0, 0.05) is 15.9 Å². The first-order valence-electron chi connectivity index (χ1n) is 5.96. The first-order chi connectivity index (χ1) is 9.51. The van der Waals surface area contributed by atoms with Crippen molar-refractivity contribution in [2.75, 3.05) is 7.11 Å². The van der Waals surface area contributed by atoms with E-state index in [9.17, 15) is 9.50 Å². The minimum atomic E-state index is -0.807. The van der Waals surface area contributed by atoms with Crippen molar-refractivity contribution < 1.29 is 14.2 Å². The van der Waals surface area contributed by atoms with Gasteiger partial charge in [0.2, 0.25) is 0 Å².